The molecule has 1 aliphatic heterocycles. The predicted molar refractivity (Wildman–Crippen MR) is 48.4 cm³/mol. The van der Waals surface area contributed by atoms with Crippen LogP contribution in [0.3, 0.4) is 0 Å². The molecule has 0 saturated heterocycles. The lowest BCUT2D eigenvalue weighted by Gasteiger charge is -2.22. The molecule has 1 aliphatic rings. The van der Waals surface area contributed by atoms with Crippen molar-refractivity contribution in [2.45, 2.75) is 32.9 Å². The van der Waals surface area contributed by atoms with Gasteiger partial charge in [0, 0.05) is 6.54 Å². The predicted octanol–water partition coefficient (Wildman–Crippen LogP) is 0.885. The number of hydrogen-bond donors (Lipinski definition) is 0. The Morgan fingerprint density at radius 2 is 2.31 bits per heavy atom. The van der Waals surface area contributed by atoms with Crippen molar-refractivity contribution in [2.75, 3.05) is 6.54 Å². The van der Waals surface area contributed by atoms with Crippen molar-refractivity contribution in [1.82, 2.24) is 10.0 Å². The van der Waals surface area contributed by atoms with Crippen molar-refractivity contribution in [3.8, 4) is 0 Å². The highest BCUT2D eigenvalue weighted by Gasteiger charge is 2.33. The highest BCUT2D eigenvalue weighted by atomic mass is 16.7. The van der Waals surface area contributed by atoms with Crippen LogP contribution in [0.25, 0.3) is 0 Å². The van der Waals surface area contributed by atoms with Gasteiger partial charge < -0.3 is 0 Å². The molecule has 1 atom stereocenters. The third kappa shape index (κ3) is 1.88. The van der Waals surface area contributed by atoms with Gasteiger partial charge in [0.1, 0.15) is 0 Å². The van der Waals surface area contributed by atoms with Gasteiger partial charge in [-0.1, -0.05) is 18.4 Å². The maximum absolute atomic E-state index is 10.6. The van der Waals surface area contributed by atoms with E-state index in [9.17, 15) is 10.1 Å². The minimum Gasteiger partial charge on any atom is -0.267 e. The van der Waals surface area contributed by atoms with E-state index in [-0.39, 0.29) is 6.17 Å². The number of nitrogens with zero attached hydrogens (tertiary/aromatic N) is 4. The van der Waals surface area contributed by atoms with Crippen molar-refractivity contribution >= 4 is 6.34 Å². The molecule has 0 aromatic heterocycles. The van der Waals surface area contributed by atoms with E-state index < -0.39 is 5.03 Å². The standard InChI is InChI=1S/C7H14N4O2/c1-3-5-7-9(4-2)8-6-10(7)11(12)13/h6-7H,3-5H2,1-2H3. The molecule has 1 rings (SSSR count). The normalized spacial score (nSPS) is 21.2. The van der Waals surface area contributed by atoms with E-state index in [0.717, 1.165) is 17.9 Å². The Labute approximate surface area is 76.9 Å². The summed E-state index contributed by atoms with van der Waals surface area (Å²) >= 11 is 0. The first-order valence-electron chi connectivity index (χ1n) is 4.44. The van der Waals surface area contributed by atoms with Crippen LogP contribution in [0.1, 0.15) is 26.7 Å². The van der Waals surface area contributed by atoms with Crippen LogP contribution in [0.4, 0.5) is 0 Å². The van der Waals surface area contributed by atoms with Crippen LogP contribution in [-0.2, 0) is 0 Å². The third-order valence-electron chi connectivity index (χ3n) is 2.03. The van der Waals surface area contributed by atoms with E-state index in [4.69, 9.17) is 0 Å². The Balaban J connectivity index is 2.66. The van der Waals surface area contributed by atoms with Crippen LogP contribution >= 0.6 is 0 Å². The van der Waals surface area contributed by atoms with Gasteiger partial charge in [0.05, 0.1) is 0 Å². The summed E-state index contributed by atoms with van der Waals surface area (Å²) in [5.41, 5.74) is 0. The summed E-state index contributed by atoms with van der Waals surface area (Å²) < 4.78 is 0. The van der Waals surface area contributed by atoms with E-state index in [0.29, 0.717) is 6.54 Å². The van der Waals surface area contributed by atoms with Crippen LogP contribution in [0.15, 0.2) is 5.10 Å². The monoisotopic (exact) mass is 186 g/mol. The first-order valence-corrected chi connectivity index (χ1v) is 4.44. The molecule has 0 aromatic carbocycles. The highest BCUT2D eigenvalue weighted by molar-refractivity contribution is 5.55. The fourth-order valence-electron chi connectivity index (χ4n) is 1.39. The molecule has 0 aromatic rings. The van der Waals surface area contributed by atoms with Crippen LogP contribution < -0.4 is 0 Å². The molecular formula is C7H14N4O2. The minimum absolute atomic E-state index is 0.204. The number of hydrazone groups is 1. The maximum atomic E-state index is 10.6. The van der Waals surface area contributed by atoms with Gasteiger partial charge in [-0.3, -0.25) is 5.01 Å². The second kappa shape index (κ2) is 4.06. The second-order valence-electron chi connectivity index (χ2n) is 2.87. The molecule has 6 heteroatoms. The second-order valence-corrected chi connectivity index (χ2v) is 2.87. The Bertz CT molecular complexity index is 219. The number of rotatable bonds is 4. The van der Waals surface area contributed by atoms with Crippen LogP contribution in [-0.4, -0.2) is 34.1 Å². The Morgan fingerprint density at radius 3 is 2.77 bits per heavy atom. The molecule has 1 unspecified atom stereocenters. The summed E-state index contributed by atoms with van der Waals surface area (Å²) in [5.74, 6) is 0. The van der Waals surface area contributed by atoms with Crippen molar-refractivity contribution < 1.29 is 5.03 Å². The molecule has 6 nitrogen and oxygen atoms in total. The van der Waals surface area contributed by atoms with E-state index in [2.05, 4.69) is 5.10 Å². The lowest BCUT2D eigenvalue weighted by atomic mass is 10.2. The molecule has 0 spiro atoms. The van der Waals surface area contributed by atoms with Crippen LogP contribution in [0, 0.1) is 10.1 Å². The zero-order valence-electron chi connectivity index (χ0n) is 7.88. The van der Waals surface area contributed by atoms with E-state index in [1.807, 2.05) is 13.8 Å². The molecule has 0 saturated carbocycles. The van der Waals surface area contributed by atoms with Crippen molar-refractivity contribution in [3.05, 3.63) is 10.1 Å². The SMILES string of the molecule is CCCC1N(CC)N=CN1[N+](=O)[O-]. The summed E-state index contributed by atoms with van der Waals surface area (Å²) in [5, 5.41) is 16.9. The van der Waals surface area contributed by atoms with Gasteiger partial charge in [0.25, 0.3) is 0 Å². The summed E-state index contributed by atoms with van der Waals surface area (Å²) in [7, 11) is 0. The van der Waals surface area contributed by atoms with Crippen molar-refractivity contribution in [1.29, 1.82) is 0 Å². The zero-order valence-corrected chi connectivity index (χ0v) is 7.88. The smallest absolute Gasteiger partial charge is 0.183 e. The van der Waals surface area contributed by atoms with E-state index >= 15 is 0 Å². The lowest BCUT2D eigenvalue weighted by Crippen LogP contribution is -2.42. The quantitative estimate of drug-likeness (QED) is 0.483. The van der Waals surface area contributed by atoms with Crippen LogP contribution in [0.5, 0.6) is 0 Å². The fraction of sp³-hybridized carbons (Fsp3) is 0.857. The van der Waals surface area contributed by atoms with Gasteiger partial charge in [-0.05, 0) is 13.3 Å². The summed E-state index contributed by atoms with van der Waals surface area (Å²) in [6.45, 7) is 4.64. The molecule has 0 bridgehead atoms. The Morgan fingerprint density at radius 1 is 1.62 bits per heavy atom. The third-order valence-corrected chi connectivity index (χ3v) is 2.03. The number of hydrazine groups is 1. The summed E-state index contributed by atoms with van der Waals surface area (Å²) in [6.07, 6.45) is 2.75. The number of hydrogen-bond acceptors (Lipinski definition) is 4. The molecule has 0 N–H and O–H groups in total. The van der Waals surface area contributed by atoms with Crippen molar-refractivity contribution in [2.24, 2.45) is 5.10 Å². The van der Waals surface area contributed by atoms with Crippen LogP contribution in [0.2, 0.25) is 0 Å². The fourth-order valence-corrected chi connectivity index (χ4v) is 1.39. The van der Waals surface area contributed by atoms with E-state index in [1.54, 1.807) is 5.01 Å². The van der Waals surface area contributed by atoms with Gasteiger partial charge in [-0.2, -0.15) is 5.10 Å². The molecule has 13 heavy (non-hydrogen) atoms. The van der Waals surface area contributed by atoms with Gasteiger partial charge in [0.2, 0.25) is 0 Å². The molecular weight excluding hydrogens is 172 g/mol. The highest BCUT2D eigenvalue weighted by Crippen LogP contribution is 2.16. The Hall–Kier alpha value is -1.33. The van der Waals surface area contributed by atoms with Gasteiger partial charge in [0.15, 0.2) is 17.5 Å². The first kappa shape index (κ1) is 9.76. The Kier molecular flexibility index (Phi) is 3.05. The molecule has 0 aliphatic carbocycles. The average molecular weight is 186 g/mol. The molecule has 0 radical (unpaired) electrons. The van der Waals surface area contributed by atoms with Gasteiger partial charge in [-0.15, -0.1) is 0 Å². The zero-order chi connectivity index (χ0) is 9.84. The molecule has 0 amide bonds. The summed E-state index contributed by atoms with van der Waals surface area (Å²) in [6, 6.07) is 0. The topological polar surface area (TPSA) is 62.0 Å². The average Bonchev–Trinajstić information content (AvgIpc) is 2.48. The van der Waals surface area contributed by atoms with Gasteiger partial charge in [-0.25, -0.2) is 10.1 Å². The molecule has 1 heterocycles. The summed E-state index contributed by atoms with van der Waals surface area (Å²) in [4.78, 5) is 10.6. The largest absolute Gasteiger partial charge is 0.267 e. The van der Waals surface area contributed by atoms with Crippen molar-refractivity contribution in [3.63, 3.8) is 0 Å². The van der Waals surface area contributed by atoms with E-state index in [1.165, 1.54) is 6.34 Å². The maximum Gasteiger partial charge on any atom is 0.183 e. The minimum atomic E-state index is -0.417. The molecule has 0 fully saturated rings. The van der Waals surface area contributed by atoms with Gasteiger partial charge >= 0.3 is 0 Å². The molecule has 74 valence electrons. The first-order chi connectivity index (χ1) is 6.20. The lowest BCUT2D eigenvalue weighted by molar-refractivity contribution is -0.638. The number of nitro groups is 1.